The molecule has 0 N–H and O–H groups in total. The van der Waals surface area contributed by atoms with Crippen LogP contribution in [0.15, 0.2) is 46.2 Å². The van der Waals surface area contributed by atoms with Gasteiger partial charge in [-0.15, -0.1) is 11.8 Å². The third-order valence-corrected chi connectivity index (χ3v) is 8.43. The van der Waals surface area contributed by atoms with Crippen molar-refractivity contribution in [2.45, 2.75) is 29.1 Å². The highest BCUT2D eigenvalue weighted by molar-refractivity contribution is 8.00. The first-order valence-electron chi connectivity index (χ1n) is 9.82. The molecule has 4 rings (SSSR count). The number of amides is 1. The Morgan fingerprint density at radius 3 is 2.40 bits per heavy atom. The highest BCUT2D eigenvalue weighted by atomic mass is 32.2. The molecule has 0 spiro atoms. The summed E-state index contributed by atoms with van der Waals surface area (Å²) >= 11 is 1.13. The second-order valence-electron chi connectivity index (χ2n) is 7.43. The molecule has 2 aliphatic rings. The molecule has 160 valence electrons. The minimum atomic E-state index is -3.58. The summed E-state index contributed by atoms with van der Waals surface area (Å²) in [7, 11) is -3.58. The summed E-state index contributed by atoms with van der Waals surface area (Å²) in [5.41, 5.74) is 2.34. The van der Waals surface area contributed by atoms with E-state index in [1.165, 1.54) is 15.9 Å². The molecule has 1 aliphatic carbocycles. The number of rotatable bonds is 5. The van der Waals surface area contributed by atoms with Crippen molar-refractivity contribution in [2.75, 3.05) is 31.9 Å². The number of piperazine rings is 1. The summed E-state index contributed by atoms with van der Waals surface area (Å²) in [4.78, 5) is 14.8. The van der Waals surface area contributed by atoms with Crippen LogP contribution in [0.5, 0.6) is 0 Å². The van der Waals surface area contributed by atoms with Gasteiger partial charge >= 0.3 is 0 Å². The van der Waals surface area contributed by atoms with Crippen molar-refractivity contribution >= 4 is 27.7 Å². The smallest absolute Gasteiger partial charge is 0.243 e. The molecule has 0 unspecified atom stereocenters. The molecule has 1 amide bonds. The Labute approximate surface area is 179 Å². The number of benzene rings is 2. The van der Waals surface area contributed by atoms with Gasteiger partial charge in [-0.25, -0.2) is 17.2 Å². The Hall–Kier alpha value is -1.97. The summed E-state index contributed by atoms with van der Waals surface area (Å²) in [5, 5.41) is 0. The molecule has 2 aromatic carbocycles. The molecule has 0 saturated carbocycles. The predicted octanol–water partition coefficient (Wildman–Crippen LogP) is 3.08. The van der Waals surface area contributed by atoms with E-state index < -0.39 is 21.7 Å². The SMILES string of the molecule is O=C(CSc1ccc(F)c(F)c1)N1CCN(S(=O)(=O)c2ccc3c(c2)CCC3)CC1. The second-order valence-corrected chi connectivity index (χ2v) is 10.4. The summed E-state index contributed by atoms with van der Waals surface area (Å²) < 4.78 is 53.7. The van der Waals surface area contributed by atoms with Gasteiger partial charge in [-0.05, 0) is 60.7 Å². The minimum Gasteiger partial charge on any atom is -0.339 e. The van der Waals surface area contributed by atoms with Crippen LogP contribution in [0.25, 0.3) is 0 Å². The van der Waals surface area contributed by atoms with Gasteiger partial charge in [0.2, 0.25) is 15.9 Å². The van der Waals surface area contributed by atoms with Crippen LogP contribution in [-0.2, 0) is 27.7 Å². The van der Waals surface area contributed by atoms with Crippen molar-refractivity contribution in [3.05, 3.63) is 59.2 Å². The molecule has 1 saturated heterocycles. The lowest BCUT2D eigenvalue weighted by Gasteiger charge is -2.34. The lowest BCUT2D eigenvalue weighted by atomic mass is 10.1. The fraction of sp³-hybridized carbons (Fsp3) is 0.381. The summed E-state index contributed by atoms with van der Waals surface area (Å²) in [5.74, 6) is -1.94. The highest BCUT2D eigenvalue weighted by Gasteiger charge is 2.30. The Bertz CT molecular complexity index is 1070. The Morgan fingerprint density at radius 2 is 1.67 bits per heavy atom. The van der Waals surface area contributed by atoms with E-state index in [1.807, 2.05) is 6.07 Å². The van der Waals surface area contributed by atoms with Crippen molar-refractivity contribution in [2.24, 2.45) is 0 Å². The molecular formula is C21H22F2N2O3S2. The van der Waals surface area contributed by atoms with Gasteiger partial charge in [-0.2, -0.15) is 4.31 Å². The van der Waals surface area contributed by atoms with Crippen LogP contribution < -0.4 is 0 Å². The van der Waals surface area contributed by atoms with E-state index in [2.05, 4.69) is 0 Å². The van der Waals surface area contributed by atoms with Gasteiger partial charge in [0.1, 0.15) is 0 Å². The fourth-order valence-corrected chi connectivity index (χ4v) is 6.14. The number of carbonyl (C=O) groups excluding carboxylic acids is 1. The summed E-state index contributed by atoms with van der Waals surface area (Å²) in [6, 6.07) is 8.89. The Balaban J connectivity index is 1.33. The quantitative estimate of drug-likeness (QED) is 0.655. The third kappa shape index (κ3) is 4.38. The lowest BCUT2D eigenvalue weighted by molar-refractivity contribution is -0.129. The van der Waals surface area contributed by atoms with Crippen molar-refractivity contribution in [1.29, 1.82) is 0 Å². The van der Waals surface area contributed by atoms with E-state index >= 15 is 0 Å². The maximum absolute atomic E-state index is 13.3. The zero-order chi connectivity index (χ0) is 21.3. The molecule has 0 atom stereocenters. The monoisotopic (exact) mass is 452 g/mol. The van der Waals surface area contributed by atoms with Gasteiger partial charge in [0.25, 0.3) is 0 Å². The van der Waals surface area contributed by atoms with Crippen LogP contribution in [0, 0.1) is 11.6 Å². The first-order valence-corrected chi connectivity index (χ1v) is 12.2. The fourth-order valence-electron chi connectivity index (χ4n) is 3.84. The number of aryl methyl sites for hydroxylation is 2. The summed E-state index contributed by atoms with van der Waals surface area (Å²) in [6.45, 7) is 1.09. The van der Waals surface area contributed by atoms with Crippen molar-refractivity contribution in [3.63, 3.8) is 0 Å². The van der Waals surface area contributed by atoms with E-state index in [0.717, 1.165) is 48.7 Å². The number of sulfonamides is 1. The largest absolute Gasteiger partial charge is 0.339 e. The van der Waals surface area contributed by atoms with E-state index in [0.29, 0.717) is 22.9 Å². The van der Waals surface area contributed by atoms with Crippen molar-refractivity contribution in [1.82, 2.24) is 9.21 Å². The number of hydrogen-bond acceptors (Lipinski definition) is 4. The van der Waals surface area contributed by atoms with Crippen LogP contribution in [0.2, 0.25) is 0 Å². The molecule has 1 fully saturated rings. The first-order chi connectivity index (χ1) is 14.3. The highest BCUT2D eigenvalue weighted by Crippen LogP contribution is 2.27. The minimum absolute atomic E-state index is 0.0860. The predicted molar refractivity (Wildman–Crippen MR) is 111 cm³/mol. The van der Waals surface area contributed by atoms with Gasteiger partial charge in [0.15, 0.2) is 11.6 Å². The van der Waals surface area contributed by atoms with Crippen molar-refractivity contribution < 1.29 is 22.0 Å². The molecule has 1 heterocycles. The number of halogens is 2. The normalized spacial score (nSPS) is 17.2. The van der Waals surface area contributed by atoms with E-state index in [9.17, 15) is 22.0 Å². The van der Waals surface area contributed by atoms with Crippen LogP contribution >= 0.6 is 11.8 Å². The van der Waals surface area contributed by atoms with E-state index in [4.69, 9.17) is 0 Å². The molecule has 2 aromatic rings. The zero-order valence-electron chi connectivity index (χ0n) is 16.3. The van der Waals surface area contributed by atoms with Crippen LogP contribution in [0.4, 0.5) is 8.78 Å². The maximum atomic E-state index is 13.3. The molecule has 5 nitrogen and oxygen atoms in total. The average Bonchev–Trinajstić information content (AvgIpc) is 3.22. The van der Waals surface area contributed by atoms with Crippen LogP contribution in [0.3, 0.4) is 0 Å². The van der Waals surface area contributed by atoms with Crippen LogP contribution in [-0.4, -0.2) is 55.5 Å². The standard InChI is InChI=1S/C21H22F2N2O3S2/c22-19-7-5-17(13-20(19)23)29-14-21(26)24-8-10-25(11-9-24)30(27,28)18-6-4-15-2-1-3-16(15)12-18/h4-7,12-13H,1-3,8-11,14H2. The number of nitrogens with zero attached hydrogens (tertiary/aromatic N) is 2. The van der Waals surface area contributed by atoms with Gasteiger partial charge in [0, 0.05) is 31.1 Å². The maximum Gasteiger partial charge on any atom is 0.243 e. The molecule has 0 aromatic heterocycles. The zero-order valence-corrected chi connectivity index (χ0v) is 17.9. The number of thioether (sulfide) groups is 1. The Morgan fingerprint density at radius 1 is 0.933 bits per heavy atom. The first kappa shape index (κ1) is 21.3. The van der Waals surface area contributed by atoms with Crippen molar-refractivity contribution in [3.8, 4) is 0 Å². The number of hydrogen-bond donors (Lipinski definition) is 0. The topological polar surface area (TPSA) is 57.7 Å². The molecule has 9 heteroatoms. The van der Waals surface area contributed by atoms with E-state index in [1.54, 1.807) is 17.0 Å². The molecule has 0 bridgehead atoms. The molecule has 1 aliphatic heterocycles. The number of fused-ring (bicyclic) bond motifs is 1. The Kier molecular flexibility index (Phi) is 6.13. The number of carbonyl (C=O) groups is 1. The van der Waals surface area contributed by atoms with Gasteiger partial charge in [-0.3, -0.25) is 4.79 Å². The average molecular weight is 453 g/mol. The third-order valence-electron chi connectivity index (χ3n) is 5.55. The van der Waals surface area contributed by atoms with E-state index in [-0.39, 0.29) is 24.7 Å². The van der Waals surface area contributed by atoms with Gasteiger partial charge in [0.05, 0.1) is 10.6 Å². The van der Waals surface area contributed by atoms with Crippen LogP contribution in [0.1, 0.15) is 17.5 Å². The second kappa shape index (κ2) is 8.64. The summed E-state index contributed by atoms with van der Waals surface area (Å²) in [6.07, 6.45) is 2.97. The molecular weight excluding hydrogens is 430 g/mol. The van der Waals surface area contributed by atoms with Gasteiger partial charge < -0.3 is 4.90 Å². The van der Waals surface area contributed by atoms with Gasteiger partial charge in [-0.1, -0.05) is 6.07 Å². The molecule has 0 radical (unpaired) electrons. The lowest BCUT2D eigenvalue weighted by Crippen LogP contribution is -2.50. The molecule has 30 heavy (non-hydrogen) atoms.